The number of benzene rings is 1. The maximum atomic E-state index is 11.7. The van der Waals surface area contributed by atoms with E-state index < -0.39 is 0 Å². The van der Waals surface area contributed by atoms with Gasteiger partial charge in [-0.1, -0.05) is 19.1 Å². The van der Waals surface area contributed by atoms with Crippen LogP contribution >= 0.6 is 0 Å². The van der Waals surface area contributed by atoms with E-state index in [9.17, 15) is 4.79 Å². The second-order valence-corrected chi connectivity index (χ2v) is 5.03. The van der Waals surface area contributed by atoms with E-state index in [0.29, 0.717) is 6.42 Å². The molecule has 0 saturated heterocycles. The first-order valence-corrected chi connectivity index (χ1v) is 6.08. The van der Waals surface area contributed by atoms with Crippen molar-refractivity contribution in [1.29, 1.82) is 0 Å². The van der Waals surface area contributed by atoms with Crippen LogP contribution in [0.1, 0.15) is 39.2 Å². The van der Waals surface area contributed by atoms with Crippen molar-refractivity contribution in [3.05, 3.63) is 29.8 Å². The number of anilines is 1. The average molecular weight is 234 g/mol. The van der Waals surface area contributed by atoms with E-state index in [1.165, 1.54) is 0 Å². The molecule has 1 aromatic carbocycles. The van der Waals surface area contributed by atoms with Gasteiger partial charge in [0.05, 0.1) is 0 Å². The minimum Gasteiger partial charge on any atom is -0.399 e. The van der Waals surface area contributed by atoms with Crippen LogP contribution in [0.4, 0.5) is 5.69 Å². The summed E-state index contributed by atoms with van der Waals surface area (Å²) in [6.45, 7) is 6.13. The Labute approximate surface area is 103 Å². The fourth-order valence-electron chi connectivity index (χ4n) is 1.53. The Hall–Kier alpha value is -1.51. The minimum absolute atomic E-state index is 0.0966. The van der Waals surface area contributed by atoms with Crippen LogP contribution in [0.15, 0.2) is 24.3 Å². The number of nitrogens with one attached hydrogen (secondary N) is 1. The number of rotatable bonds is 5. The van der Waals surface area contributed by atoms with Gasteiger partial charge in [-0.25, -0.2) is 0 Å². The summed E-state index contributed by atoms with van der Waals surface area (Å²) in [4.78, 5) is 11.7. The lowest BCUT2D eigenvalue weighted by atomic mass is 10.0. The molecule has 1 aromatic rings. The van der Waals surface area contributed by atoms with Crippen molar-refractivity contribution in [3.8, 4) is 0 Å². The van der Waals surface area contributed by atoms with E-state index in [-0.39, 0.29) is 11.4 Å². The van der Waals surface area contributed by atoms with Crippen LogP contribution in [0.3, 0.4) is 0 Å². The molecule has 0 heterocycles. The number of hydrogen-bond donors (Lipinski definition) is 2. The van der Waals surface area contributed by atoms with Crippen LogP contribution in [-0.2, 0) is 11.2 Å². The molecule has 0 saturated carbocycles. The third-order valence-electron chi connectivity index (χ3n) is 2.95. The predicted molar refractivity (Wildman–Crippen MR) is 71.7 cm³/mol. The Morgan fingerprint density at radius 3 is 2.71 bits per heavy atom. The van der Waals surface area contributed by atoms with Gasteiger partial charge in [0.2, 0.25) is 5.91 Å². The molecule has 0 aliphatic carbocycles. The highest BCUT2D eigenvalue weighted by Crippen LogP contribution is 2.10. The van der Waals surface area contributed by atoms with Crippen molar-refractivity contribution in [1.82, 2.24) is 5.32 Å². The molecule has 1 rings (SSSR count). The summed E-state index contributed by atoms with van der Waals surface area (Å²) in [5, 5.41) is 3.02. The van der Waals surface area contributed by atoms with E-state index in [1.807, 2.05) is 38.1 Å². The monoisotopic (exact) mass is 234 g/mol. The van der Waals surface area contributed by atoms with Gasteiger partial charge in [-0.3, -0.25) is 4.79 Å². The van der Waals surface area contributed by atoms with Gasteiger partial charge in [0.25, 0.3) is 0 Å². The van der Waals surface area contributed by atoms with Gasteiger partial charge < -0.3 is 11.1 Å². The fourth-order valence-corrected chi connectivity index (χ4v) is 1.53. The van der Waals surface area contributed by atoms with Crippen LogP contribution in [-0.4, -0.2) is 11.4 Å². The van der Waals surface area contributed by atoms with Crippen LogP contribution in [0.2, 0.25) is 0 Å². The quantitative estimate of drug-likeness (QED) is 0.769. The van der Waals surface area contributed by atoms with Crippen LogP contribution in [0.25, 0.3) is 0 Å². The van der Waals surface area contributed by atoms with Gasteiger partial charge in [-0.05, 0) is 44.4 Å². The van der Waals surface area contributed by atoms with E-state index >= 15 is 0 Å². The summed E-state index contributed by atoms with van der Waals surface area (Å²) in [6.07, 6.45) is 2.17. The van der Waals surface area contributed by atoms with Gasteiger partial charge >= 0.3 is 0 Å². The molecular weight excluding hydrogens is 212 g/mol. The molecule has 0 aliphatic heterocycles. The third kappa shape index (κ3) is 4.89. The Kier molecular flexibility index (Phi) is 4.55. The number of aryl methyl sites for hydroxylation is 1. The normalized spacial score (nSPS) is 11.2. The summed E-state index contributed by atoms with van der Waals surface area (Å²) in [7, 11) is 0. The molecule has 0 radical (unpaired) electrons. The molecule has 3 nitrogen and oxygen atoms in total. The molecule has 0 bridgehead atoms. The lowest BCUT2D eigenvalue weighted by Crippen LogP contribution is -2.42. The molecule has 0 spiro atoms. The zero-order chi connectivity index (χ0) is 12.9. The fraction of sp³-hybridized carbons (Fsp3) is 0.500. The van der Waals surface area contributed by atoms with Crippen LogP contribution in [0.5, 0.6) is 0 Å². The zero-order valence-corrected chi connectivity index (χ0v) is 10.9. The summed E-state index contributed by atoms with van der Waals surface area (Å²) >= 11 is 0. The predicted octanol–water partition coefficient (Wildman–Crippen LogP) is 2.51. The number of carbonyl (C=O) groups excluding carboxylic acids is 1. The molecule has 0 fully saturated rings. The third-order valence-corrected chi connectivity index (χ3v) is 2.95. The Morgan fingerprint density at radius 1 is 1.41 bits per heavy atom. The summed E-state index contributed by atoms with van der Waals surface area (Å²) < 4.78 is 0. The first kappa shape index (κ1) is 13.6. The number of hydrogen-bond acceptors (Lipinski definition) is 2. The molecule has 0 aromatic heterocycles. The van der Waals surface area contributed by atoms with Crippen molar-refractivity contribution in [2.45, 2.75) is 45.6 Å². The molecule has 0 aliphatic rings. The highest BCUT2D eigenvalue weighted by molar-refractivity contribution is 5.77. The molecule has 0 unspecified atom stereocenters. The van der Waals surface area contributed by atoms with E-state index in [1.54, 1.807) is 0 Å². The number of amides is 1. The van der Waals surface area contributed by atoms with Gasteiger partial charge in [0.15, 0.2) is 0 Å². The highest BCUT2D eigenvalue weighted by atomic mass is 16.1. The highest BCUT2D eigenvalue weighted by Gasteiger charge is 2.17. The van der Waals surface area contributed by atoms with Crippen LogP contribution in [0, 0.1) is 0 Å². The maximum absolute atomic E-state index is 11.7. The van der Waals surface area contributed by atoms with E-state index in [0.717, 1.165) is 24.1 Å². The second kappa shape index (κ2) is 5.71. The number of carbonyl (C=O) groups is 1. The summed E-state index contributed by atoms with van der Waals surface area (Å²) in [6, 6.07) is 7.68. The molecule has 17 heavy (non-hydrogen) atoms. The zero-order valence-electron chi connectivity index (χ0n) is 10.9. The SMILES string of the molecule is CCC(C)(C)NC(=O)CCc1cccc(N)c1. The largest absolute Gasteiger partial charge is 0.399 e. The van der Waals surface area contributed by atoms with Crippen molar-refractivity contribution < 1.29 is 4.79 Å². The number of nitrogen functional groups attached to an aromatic ring is 1. The summed E-state index contributed by atoms with van der Waals surface area (Å²) in [5.41, 5.74) is 7.42. The van der Waals surface area contributed by atoms with Crippen molar-refractivity contribution in [2.24, 2.45) is 0 Å². The Balaban J connectivity index is 2.44. The Morgan fingerprint density at radius 2 is 2.12 bits per heavy atom. The van der Waals surface area contributed by atoms with Gasteiger partial charge in [0, 0.05) is 17.6 Å². The van der Waals surface area contributed by atoms with E-state index in [4.69, 9.17) is 5.73 Å². The van der Waals surface area contributed by atoms with Gasteiger partial charge in [-0.15, -0.1) is 0 Å². The maximum Gasteiger partial charge on any atom is 0.220 e. The lowest BCUT2D eigenvalue weighted by molar-refractivity contribution is -0.122. The second-order valence-electron chi connectivity index (χ2n) is 5.03. The van der Waals surface area contributed by atoms with Gasteiger partial charge in [-0.2, -0.15) is 0 Å². The van der Waals surface area contributed by atoms with E-state index in [2.05, 4.69) is 12.2 Å². The Bertz CT molecular complexity index is 386. The number of nitrogens with two attached hydrogens (primary N) is 1. The molecule has 94 valence electrons. The smallest absolute Gasteiger partial charge is 0.220 e. The topological polar surface area (TPSA) is 55.1 Å². The average Bonchev–Trinajstić information content (AvgIpc) is 2.26. The van der Waals surface area contributed by atoms with Gasteiger partial charge in [0.1, 0.15) is 0 Å². The molecule has 1 amide bonds. The summed E-state index contributed by atoms with van der Waals surface area (Å²) in [5.74, 6) is 0.0966. The van der Waals surface area contributed by atoms with Crippen molar-refractivity contribution in [2.75, 3.05) is 5.73 Å². The molecule has 3 N–H and O–H groups in total. The molecule has 3 heteroatoms. The molecule has 0 atom stereocenters. The van der Waals surface area contributed by atoms with Crippen LogP contribution < -0.4 is 11.1 Å². The lowest BCUT2D eigenvalue weighted by Gasteiger charge is -2.24. The first-order chi connectivity index (χ1) is 7.93. The minimum atomic E-state index is -0.118. The van der Waals surface area contributed by atoms with Crippen molar-refractivity contribution >= 4 is 11.6 Å². The standard InChI is InChI=1S/C14H22N2O/c1-4-14(2,3)16-13(17)9-8-11-6-5-7-12(15)10-11/h5-7,10H,4,8-9,15H2,1-3H3,(H,16,17). The van der Waals surface area contributed by atoms with Crippen molar-refractivity contribution in [3.63, 3.8) is 0 Å². The first-order valence-electron chi connectivity index (χ1n) is 6.08. The molecular formula is C14H22N2O.